The fraction of sp³-hybridized carbons (Fsp3) is 0.474. The number of aryl methyl sites for hydroxylation is 1. The first kappa shape index (κ1) is 18.0. The van der Waals surface area contributed by atoms with E-state index in [4.69, 9.17) is 16.7 Å². The predicted molar refractivity (Wildman–Crippen MR) is 101 cm³/mol. The molecule has 0 bridgehead atoms. The van der Waals surface area contributed by atoms with Gasteiger partial charge < -0.3 is 9.80 Å². The van der Waals surface area contributed by atoms with Gasteiger partial charge in [0, 0.05) is 26.2 Å². The minimum absolute atomic E-state index is 0.0973. The van der Waals surface area contributed by atoms with Crippen molar-refractivity contribution in [2.24, 2.45) is 0 Å². The minimum Gasteiger partial charge on any atom is -0.336 e. The standard InChI is InChI=1S/C19H25ClN4O/c1-4-15-18(19(25)23-12-10-22(3)11-13-23)16(5-2)24(21-15)17-9-7-6-8-14(17)20/h6-9H,4-5,10-13H2,1-3H3. The number of amides is 1. The lowest BCUT2D eigenvalue weighted by atomic mass is 10.1. The highest BCUT2D eigenvalue weighted by molar-refractivity contribution is 6.32. The maximum Gasteiger partial charge on any atom is 0.257 e. The number of likely N-dealkylation sites (N-methyl/N-ethyl adjacent to an activating group) is 1. The lowest BCUT2D eigenvalue weighted by Crippen LogP contribution is -2.47. The van der Waals surface area contributed by atoms with Crippen LogP contribution in [0.15, 0.2) is 24.3 Å². The van der Waals surface area contributed by atoms with E-state index in [0.29, 0.717) is 5.02 Å². The first-order valence-electron chi connectivity index (χ1n) is 8.90. The van der Waals surface area contributed by atoms with Gasteiger partial charge in [-0.15, -0.1) is 0 Å². The minimum atomic E-state index is 0.0973. The van der Waals surface area contributed by atoms with Gasteiger partial charge in [0.1, 0.15) is 0 Å². The van der Waals surface area contributed by atoms with Crippen molar-refractivity contribution in [2.45, 2.75) is 26.7 Å². The van der Waals surface area contributed by atoms with E-state index in [9.17, 15) is 4.79 Å². The van der Waals surface area contributed by atoms with Crippen LogP contribution in [0.5, 0.6) is 0 Å². The summed E-state index contributed by atoms with van der Waals surface area (Å²) in [6.07, 6.45) is 1.45. The van der Waals surface area contributed by atoms with Crippen molar-refractivity contribution < 1.29 is 4.79 Å². The lowest BCUT2D eigenvalue weighted by Gasteiger charge is -2.32. The molecular formula is C19H25ClN4O. The Kier molecular flexibility index (Phi) is 5.45. The summed E-state index contributed by atoms with van der Waals surface area (Å²) >= 11 is 6.38. The van der Waals surface area contributed by atoms with Gasteiger partial charge in [-0.25, -0.2) is 4.68 Å². The molecule has 1 aliphatic heterocycles. The van der Waals surface area contributed by atoms with Crippen LogP contribution in [0, 0.1) is 0 Å². The van der Waals surface area contributed by atoms with Gasteiger partial charge in [-0.05, 0) is 32.0 Å². The molecule has 2 aromatic rings. The summed E-state index contributed by atoms with van der Waals surface area (Å²) in [5.74, 6) is 0.0973. The summed E-state index contributed by atoms with van der Waals surface area (Å²) in [6.45, 7) is 7.45. The molecule has 0 spiro atoms. The normalized spacial score (nSPS) is 15.6. The van der Waals surface area contributed by atoms with Crippen LogP contribution in [0.2, 0.25) is 5.02 Å². The molecule has 5 nitrogen and oxygen atoms in total. The lowest BCUT2D eigenvalue weighted by molar-refractivity contribution is 0.0662. The van der Waals surface area contributed by atoms with Gasteiger partial charge >= 0.3 is 0 Å². The van der Waals surface area contributed by atoms with Crippen molar-refractivity contribution >= 4 is 17.5 Å². The van der Waals surface area contributed by atoms with Gasteiger partial charge in [0.05, 0.1) is 27.7 Å². The zero-order valence-corrected chi connectivity index (χ0v) is 15.9. The Hall–Kier alpha value is -1.85. The van der Waals surface area contributed by atoms with Crippen LogP contribution < -0.4 is 0 Å². The Morgan fingerprint density at radius 1 is 1.12 bits per heavy atom. The average molecular weight is 361 g/mol. The molecule has 134 valence electrons. The van der Waals surface area contributed by atoms with Crippen LogP contribution in [0.4, 0.5) is 0 Å². The number of hydrogen-bond acceptors (Lipinski definition) is 3. The molecule has 1 saturated heterocycles. The smallest absolute Gasteiger partial charge is 0.257 e. The Balaban J connectivity index is 2.04. The van der Waals surface area contributed by atoms with E-state index in [-0.39, 0.29) is 5.91 Å². The first-order valence-corrected chi connectivity index (χ1v) is 9.28. The Morgan fingerprint density at radius 3 is 2.40 bits per heavy atom. The topological polar surface area (TPSA) is 41.4 Å². The molecule has 1 fully saturated rings. The number of carbonyl (C=O) groups excluding carboxylic acids is 1. The molecule has 1 aliphatic rings. The fourth-order valence-corrected chi connectivity index (χ4v) is 3.53. The summed E-state index contributed by atoms with van der Waals surface area (Å²) in [5.41, 5.74) is 3.37. The molecule has 6 heteroatoms. The zero-order chi connectivity index (χ0) is 18.0. The van der Waals surface area contributed by atoms with E-state index >= 15 is 0 Å². The number of para-hydroxylation sites is 1. The summed E-state index contributed by atoms with van der Waals surface area (Å²) in [7, 11) is 2.09. The number of rotatable bonds is 4. The highest BCUT2D eigenvalue weighted by Gasteiger charge is 2.28. The van der Waals surface area contributed by atoms with Gasteiger partial charge in [0.2, 0.25) is 0 Å². The Labute approximate surface area is 154 Å². The van der Waals surface area contributed by atoms with Crippen molar-refractivity contribution in [2.75, 3.05) is 33.2 Å². The second-order valence-electron chi connectivity index (χ2n) is 6.43. The van der Waals surface area contributed by atoms with E-state index < -0.39 is 0 Å². The molecule has 2 heterocycles. The molecule has 3 rings (SSSR count). The van der Waals surface area contributed by atoms with E-state index in [0.717, 1.165) is 61.7 Å². The molecule has 1 aromatic carbocycles. The molecular weight excluding hydrogens is 336 g/mol. The molecule has 1 aromatic heterocycles. The van der Waals surface area contributed by atoms with E-state index in [1.165, 1.54) is 0 Å². The molecule has 0 atom stereocenters. The Bertz CT molecular complexity index is 763. The van der Waals surface area contributed by atoms with Gasteiger partial charge in [0.15, 0.2) is 0 Å². The van der Waals surface area contributed by atoms with Gasteiger partial charge in [0.25, 0.3) is 5.91 Å². The number of halogens is 1. The number of aromatic nitrogens is 2. The summed E-state index contributed by atoms with van der Waals surface area (Å²) < 4.78 is 1.85. The van der Waals surface area contributed by atoms with Crippen molar-refractivity contribution in [1.82, 2.24) is 19.6 Å². The predicted octanol–water partition coefficient (Wildman–Crippen LogP) is 3.04. The van der Waals surface area contributed by atoms with Gasteiger partial charge in [-0.1, -0.05) is 37.6 Å². The van der Waals surface area contributed by atoms with Crippen molar-refractivity contribution in [3.63, 3.8) is 0 Å². The third-order valence-corrected chi connectivity index (χ3v) is 5.13. The monoisotopic (exact) mass is 360 g/mol. The van der Waals surface area contributed by atoms with Crippen LogP contribution in [-0.4, -0.2) is 58.7 Å². The SMILES string of the molecule is CCc1nn(-c2ccccc2Cl)c(CC)c1C(=O)N1CCN(C)CC1. The van der Waals surface area contributed by atoms with Crippen LogP contribution >= 0.6 is 11.6 Å². The third-order valence-electron chi connectivity index (χ3n) is 4.81. The molecule has 0 aliphatic carbocycles. The number of hydrogen-bond donors (Lipinski definition) is 0. The molecule has 25 heavy (non-hydrogen) atoms. The summed E-state index contributed by atoms with van der Waals surface area (Å²) in [5, 5.41) is 5.38. The maximum absolute atomic E-state index is 13.2. The molecule has 0 N–H and O–H groups in total. The number of benzene rings is 1. The third kappa shape index (κ3) is 3.44. The first-order chi connectivity index (χ1) is 12.1. The quantitative estimate of drug-likeness (QED) is 0.841. The van der Waals surface area contributed by atoms with E-state index in [1.807, 2.05) is 40.8 Å². The summed E-state index contributed by atoms with van der Waals surface area (Å²) in [6, 6.07) is 7.64. The molecule has 0 unspecified atom stereocenters. The zero-order valence-electron chi connectivity index (χ0n) is 15.1. The summed E-state index contributed by atoms with van der Waals surface area (Å²) in [4.78, 5) is 17.4. The molecule has 0 saturated carbocycles. The van der Waals surface area contributed by atoms with Crippen molar-refractivity contribution in [1.29, 1.82) is 0 Å². The number of carbonyl (C=O) groups is 1. The van der Waals surface area contributed by atoms with Gasteiger partial charge in [-0.2, -0.15) is 5.10 Å². The number of nitrogens with zero attached hydrogens (tertiary/aromatic N) is 4. The number of piperazine rings is 1. The second-order valence-corrected chi connectivity index (χ2v) is 6.84. The van der Waals surface area contributed by atoms with Crippen LogP contribution in [0.3, 0.4) is 0 Å². The van der Waals surface area contributed by atoms with Gasteiger partial charge in [-0.3, -0.25) is 4.79 Å². The van der Waals surface area contributed by atoms with Crippen molar-refractivity contribution in [3.8, 4) is 5.69 Å². The average Bonchev–Trinajstić information content (AvgIpc) is 3.00. The molecule has 0 radical (unpaired) electrons. The van der Waals surface area contributed by atoms with E-state index in [1.54, 1.807) is 0 Å². The van der Waals surface area contributed by atoms with Crippen molar-refractivity contribution in [3.05, 3.63) is 46.2 Å². The highest BCUT2D eigenvalue weighted by Crippen LogP contribution is 2.26. The second kappa shape index (κ2) is 7.58. The van der Waals surface area contributed by atoms with E-state index in [2.05, 4.69) is 18.9 Å². The van der Waals surface area contributed by atoms with Crippen LogP contribution in [0.25, 0.3) is 5.69 Å². The maximum atomic E-state index is 13.2. The molecule has 1 amide bonds. The van der Waals surface area contributed by atoms with Crippen LogP contribution in [0.1, 0.15) is 35.6 Å². The highest BCUT2D eigenvalue weighted by atomic mass is 35.5. The van der Waals surface area contributed by atoms with Crippen LogP contribution in [-0.2, 0) is 12.8 Å². The fourth-order valence-electron chi connectivity index (χ4n) is 3.31. The Morgan fingerprint density at radius 2 is 1.80 bits per heavy atom. The largest absolute Gasteiger partial charge is 0.336 e.